The van der Waals surface area contributed by atoms with Gasteiger partial charge in [-0.05, 0) is 68.8 Å². The topological polar surface area (TPSA) is 57.3 Å². The highest BCUT2D eigenvalue weighted by molar-refractivity contribution is 6.32. The van der Waals surface area contributed by atoms with E-state index >= 15 is 0 Å². The molecule has 0 amide bonds. The molecule has 0 radical (unpaired) electrons. The third-order valence-electron chi connectivity index (χ3n) is 7.08. The zero-order chi connectivity index (χ0) is 20.8. The molecule has 0 N–H and O–H groups in total. The Labute approximate surface area is 186 Å². The number of nitrogens with zero attached hydrogens (tertiary/aromatic N) is 5. The number of ether oxygens (including phenoxy) is 2. The molecule has 1 atom stereocenters. The lowest BCUT2D eigenvalue weighted by molar-refractivity contribution is -0.0712. The summed E-state index contributed by atoms with van der Waals surface area (Å²) < 4.78 is 15.1. The Bertz CT molecular complexity index is 1060. The highest BCUT2D eigenvalue weighted by Crippen LogP contribution is 2.37. The summed E-state index contributed by atoms with van der Waals surface area (Å²) in [5.41, 5.74) is 3.28. The van der Waals surface area contributed by atoms with Crippen LogP contribution < -0.4 is 0 Å². The molecule has 8 heteroatoms. The largest absolute Gasteiger partial charge is 0.378 e. The van der Waals surface area contributed by atoms with Crippen molar-refractivity contribution in [2.75, 3.05) is 32.9 Å². The number of benzene rings is 1. The van der Waals surface area contributed by atoms with Crippen molar-refractivity contribution >= 4 is 22.5 Å². The van der Waals surface area contributed by atoms with Crippen LogP contribution in [0.15, 0.2) is 30.7 Å². The molecular formula is C23H28ClN5O2. The average molecular weight is 442 g/mol. The first kappa shape index (κ1) is 19.7. The van der Waals surface area contributed by atoms with Crippen LogP contribution in [0, 0.1) is 0 Å². The Balaban J connectivity index is 1.26. The van der Waals surface area contributed by atoms with Gasteiger partial charge in [-0.2, -0.15) is 10.2 Å². The van der Waals surface area contributed by atoms with Crippen LogP contribution in [0.4, 0.5) is 0 Å². The highest BCUT2D eigenvalue weighted by atomic mass is 35.5. The fourth-order valence-corrected chi connectivity index (χ4v) is 5.44. The molecule has 0 bridgehead atoms. The van der Waals surface area contributed by atoms with Gasteiger partial charge >= 0.3 is 0 Å². The number of aromatic nitrogens is 4. The van der Waals surface area contributed by atoms with Gasteiger partial charge in [-0.1, -0.05) is 11.6 Å². The van der Waals surface area contributed by atoms with E-state index in [0.29, 0.717) is 12.0 Å². The fourth-order valence-electron chi connectivity index (χ4n) is 5.12. The maximum atomic E-state index is 6.73. The van der Waals surface area contributed by atoms with Crippen molar-refractivity contribution in [2.24, 2.45) is 0 Å². The first-order chi connectivity index (χ1) is 15.3. The number of halogens is 1. The van der Waals surface area contributed by atoms with Gasteiger partial charge in [0, 0.05) is 17.0 Å². The minimum atomic E-state index is 0.0283. The molecule has 0 saturated carbocycles. The van der Waals surface area contributed by atoms with E-state index in [9.17, 15) is 0 Å². The monoisotopic (exact) mass is 441 g/mol. The number of rotatable bonds is 4. The van der Waals surface area contributed by atoms with Crippen molar-refractivity contribution in [2.45, 2.75) is 50.3 Å². The van der Waals surface area contributed by atoms with Crippen molar-refractivity contribution in [3.63, 3.8) is 0 Å². The molecule has 3 aliphatic rings. The molecule has 6 rings (SSSR count). The summed E-state index contributed by atoms with van der Waals surface area (Å²) in [4.78, 5) is 2.57. The molecule has 1 unspecified atom stereocenters. The van der Waals surface area contributed by atoms with Gasteiger partial charge in [0.25, 0.3) is 0 Å². The van der Waals surface area contributed by atoms with Crippen LogP contribution in [-0.4, -0.2) is 63.4 Å². The van der Waals surface area contributed by atoms with E-state index in [1.54, 1.807) is 0 Å². The fraction of sp³-hybridized carbons (Fsp3) is 0.565. The Hall–Kier alpha value is -1.93. The molecule has 0 spiro atoms. The maximum Gasteiger partial charge on any atom is 0.150 e. The van der Waals surface area contributed by atoms with Crippen molar-refractivity contribution in [1.82, 2.24) is 24.5 Å². The van der Waals surface area contributed by atoms with Crippen molar-refractivity contribution in [3.8, 4) is 5.69 Å². The van der Waals surface area contributed by atoms with Crippen LogP contribution in [-0.2, 0) is 9.47 Å². The summed E-state index contributed by atoms with van der Waals surface area (Å²) in [5.74, 6) is 0.482. The summed E-state index contributed by atoms with van der Waals surface area (Å²) >= 11 is 6.73. The quantitative estimate of drug-likeness (QED) is 0.608. The Morgan fingerprint density at radius 1 is 1.00 bits per heavy atom. The predicted octanol–water partition coefficient (Wildman–Crippen LogP) is 4.15. The average Bonchev–Trinajstić information content (AvgIpc) is 3.40. The number of hydrogen-bond acceptors (Lipinski definition) is 5. The standard InChI is InChI=1S/C23H28ClN5O2/c24-21-9-17-11-26-29(18-12-25-28(13-18)23-3-1-2-8-31-23)22(17)10-20(21)16-4-6-27(7-5-16)19-14-30-15-19/h9-13,16,19,23H,1-8,14-15H2. The minimum absolute atomic E-state index is 0.0283. The molecule has 3 fully saturated rings. The van der Waals surface area contributed by atoms with Gasteiger partial charge in [-0.3, -0.25) is 4.90 Å². The first-order valence-corrected chi connectivity index (χ1v) is 11.8. The van der Waals surface area contributed by atoms with Gasteiger partial charge in [0.2, 0.25) is 0 Å². The zero-order valence-electron chi connectivity index (χ0n) is 17.6. The van der Waals surface area contributed by atoms with E-state index in [2.05, 4.69) is 27.2 Å². The molecule has 3 aromatic rings. The van der Waals surface area contributed by atoms with E-state index in [1.165, 1.54) is 12.0 Å². The van der Waals surface area contributed by atoms with E-state index < -0.39 is 0 Å². The number of piperidine rings is 1. The van der Waals surface area contributed by atoms with E-state index in [-0.39, 0.29) is 6.23 Å². The highest BCUT2D eigenvalue weighted by Gasteiger charge is 2.31. The first-order valence-electron chi connectivity index (χ1n) is 11.4. The molecule has 3 aliphatic heterocycles. The van der Waals surface area contributed by atoms with Gasteiger partial charge in [0.15, 0.2) is 0 Å². The van der Waals surface area contributed by atoms with Gasteiger partial charge in [-0.15, -0.1) is 0 Å². The van der Waals surface area contributed by atoms with Gasteiger partial charge in [0.1, 0.15) is 11.9 Å². The Kier molecular flexibility index (Phi) is 5.22. The van der Waals surface area contributed by atoms with E-state index in [1.807, 2.05) is 28.0 Å². The summed E-state index contributed by atoms with van der Waals surface area (Å²) in [6, 6.07) is 4.92. The molecule has 31 heavy (non-hydrogen) atoms. The SMILES string of the molecule is Clc1cc2cnn(-c3cnn(C4CCCCO4)c3)c2cc1C1CCN(C2COC2)CC1. The lowest BCUT2D eigenvalue weighted by atomic mass is 9.88. The number of hydrogen-bond donors (Lipinski definition) is 0. The van der Waals surface area contributed by atoms with E-state index in [0.717, 1.165) is 80.2 Å². The molecule has 7 nitrogen and oxygen atoms in total. The third kappa shape index (κ3) is 3.67. The number of fused-ring (bicyclic) bond motifs is 1. The normalized spacial score (nSPS) is 24.0. The Morgan fingerprint density at radius 3 is 2.61 bits per heavy atom. The molecule has 2 aromatic heterocycles. The predicted molar refractivity (Wildman–Crippen MR) is 119 cm³/mol. The third-order valence-corrected chi connectivity index (χ3v) is 7.40. The summed E-state index contributed by atoms with van der Waals surface area (Å²) in [7, 11) is 0. The van der Waals surface area contributed by atoms with Gasteiger partial charge < -0.3 is 9.47 Å². The molecule has 1 aromatic carbocycles. The summed E-state index contributed by atoms with van der Waals surface area (Å²) in [6.07, 6.45) is 11.4. The summed E-state index contributed by atoms with van der Waals surface area (Å²) in [6.45, 7) is 4.80. The number of likely N-dealkylation sites (tertiary alicyclic amines) is 1. The van der Waals surface area contributed by atoms with Crippen molar-refractivity contribution in [1.29, 1.82) is 0 Å². The second-order valence-electron chi connectivity index (χ2n) is 8.99. The molecule has 5 heterocycles. The lowest BCUT2D eigenvalue weighted by Gasteiger charge is -2.41. The molecule has 164 valence electrons. The van der Waals surface area contributed by atoms with Crippen LogP contribution in [0.25, 0.3) is 16.6 Å². The van der Waals surface area contributed by atoms with Crippen LogP contribution >= 0.6 is 11.6 Å². The second-order valence-corrected chi connectivity index (χ2v) is 9.40. The maximum absolute atomic E-state index is 6.73. The smallest absolute Gasteiger partial charge is 0.150 e. The molecule has 0 aliphatic carbocycles. The lowest BCUT2D eigenvalue weighted by Crippen LogP contribution is -2.51. The van der Waals surface area contributed by atoms with E-state index in [4.69, 9.17) is 21.1 Å². The van der Waals surface area contributed by atoms with Crippen LogP contribution in [0.1, 0.15) is 49.8 Å². The van der Waals surface area contributed by atoms with Crippen molar-refractivity contribution in [3.05, 3.63) is 41.3 Å². The summed E-state index contributed by atoms with van der Waals surface area (Å²) in [5, 5.41) is 11.1. The minimum Gasteiger partial charge on any atom is -0.378 e. The zero-order valence-corrected chi connectivity index (χ0v) is 18.4. The molecule has 3 saturated heterocycles. The molecular weight excluding hydrogens is 414 g/mol. The van der Waals surface area contributed by atoms with Crippen LogP contribution in [0.3, 0.4) is 0 Å². The van der Waals surface area contributed by atoms with Crippen molar-refractivity contribution < 1.29 is 9.47 Å². The van der Waals surface area contributed by atoms with Gasteiger partial charge in [0.05, 0.1) is 43.4 Å². The Morgan fingerprint density at radius 2 is 1.87 bits per heavy atom. The van der Waals surface area contributed by atoms with Gasteiger partial charge in [-0.25, -0.2) is 9.36 Å². The van der Waals surface area contributed by atoms with Crippen LogP contribution in [0.5, 0.6) is 0 Å². The van der Waals surface area contributed by atoms with Crippen LogP contribution in [0.2, 0.25) is 5.02 Å². The second kappa shape index (κ2) is 8.20.